The van der Waals surface area contributed by atoms with E-state index >= 15 is 0 Å². The number of aliphatic carboxylic acids is 1. The Morgan fingerprint density at radius 2 is 2.08 bits per heavy atom. The minimum Gasteiger partial charge on any atom is -0.481 e. The molecule has 1 aromatic rings. The Bertz CT molecular complexity index is 622. The Hall–Kier alpha value is -2.58. The van der Waals surface area contributed by atoms with Crippen molar-refractivity contribution in [3.05, 3.63) is 6.33 Å². The first kappa shape index (κ1) is 17.8. The molecule has 2 rings (SSSR count). The van der Waals surface area contributed by atoms with E-state index in [1.54, 1.807) is 19.0 Å². The van der Waals surface area contributed by atoms with Gasteiger partial charge in [0, 0.05) is 27.2 Å². The molecule has 1 saturated heterocycles. The summed E-state index contributed by atoms with van der Waals surface area (Å²) in [5.41, 5.74) is 0.361. The number of likely N-dealkylation sites (tertiary alicyclic amines) is 1. The number of anilines is 2. The van der Waals surface area contributed by atoms with Gasteiger partial charge in [0.05, 0.1) is 13.0 Å². The molecule has 9 nitrogen and oxygen atoms in total. The number of urea groups is 1. The zero-order chi connectivity index (χ0) is 17.9. The average Bonchev–Trinajstić information content (AvgIpc) is 2.54. The van der Waals surface area contributed by atoms with E-state index in [4.69, 9.17) is 4.74 Å². The Morgan fingerprint density at radius 1 is 1.38 bits per heavy atom. The third kappa shape index (κ3) is 3.84. The van der Waals surface area contributed by atoms with E-state index in [9.17, 15) is 14.7 Å². The number of carboxylic acid groups (broad SMARTS) is 1. The largest absolute Gasteiger partial charge is 0.481 e. The molecule has 9 heteroatoms. The number of methoxy groups -OCH3 is 1. The van der Waals surface area contributed by atoms with Gasteiger partial charge in [0.2, 0.25) is 5.88 Å². The van der Waals surface area contributed by atoms with Crippen molar-refractivity contribution in [2.75, 3.05) is 44.5 Å². The molecule has 1 aromatic heterocycles. The maximum absolute atomic E-state index is 12.6. The molecule has 0 aliphatic carbocycles. The van der Waals surface area contributed by atoms with Crippen molar-refractivity contribution >= 4 is 23.5 Å². The summed E-state index contributed by atoms with van der Waals surface area (Å²) in [5, 5.41) is 12.0. The third-order valence-corrected chi connectivity index (χ3v) is 3.94. The second-order valence-electron chi connectivity index (χ2n) is 6.19. The van der Waals surface area contributed by atoms with Crippen LogP contribution in [0.4, 0.5) is 16.3 Å². The number of nitrogens with zero attached hydrogens (tertiary/aromatic N) is 4. The Labute approximate surface area is 140 Å². The van der Waals surface area contributed by atoms with Crippen LogP contribution in [0, 0.1) is 11.8 Å². The Balaban J connectivity index is 2.21. The first-order valence-corrected chi connectivity index (χ1v) is 7.68. The summed E-state index contributed by atoms with van der Waals surface area (Å²) in [4.78, 5) is 35.3. The standard InChI is InChI=1S/C15H23N5O4/c1-9-5-10(14(21)22)7-20(6-9)15(23)18-11-12(19(2)3)16-8-17-13(11)24-4/h8-10H,5-7H2,1-4H3,(H,18,23)(H,21,22). The normalized spacial score (nSPS) is 20.4. The molecule has 132 valence electrons. The smallest absolute Gasteiger partial charge is 0.322 e. The lowest BCUT2D eigenvalue weighted by Crippen LogP contribution is -2.47. The van der Waals surface area contributed by atoms with Gasteiger partial charge in [-0.25, -0.2) is 9.78 Å². The maximum Gasteiger partial charge on any atom is 0.322 e. The van der Waals surface area contributed by atoms with E-state index < -0.39 is 11.9 Å². The predicted octanol–water partition coefficient (Wildman–Crippen LogP) is 1.13. The fraction of sp³-hybridized carbons (Fsp3) is 0.600. The first-order chi connectivity index (χ1) is 11.3. The molecule has 0 bridgehead atoms. The number of hydrogen-bond acceptors (Lipinski definition) is 6. The highest BCUT2D eigenvalue weighted by Gasteiger charge is 2.32. The van der Waals surface area contributed by atoms with Gasteiger partial charge in [-0.1, -0.05) is 6.92 Å². The van der Waals surface area contributed by atoms with E-state index in [0.717, 1.165) is 0 Å². The van der Waals surface area contributed by atoms with Gasteiger partial charge in [-0.3, -0.25) is 10.1 Å². The summed E-state index contributed by atoms with van der Waals surface area (Å²) in [5.74, 6) is -0.555. The number of amides is 2. The molecule has 0 spiro atoms. The molecule has 0 aromatic carbocycles. The van der Waals surface area contributed by atoms with E-state index in [0.29, 0.717) is 24.5 Å². The molecule has 0 radical (unpaired) electrons. The molecular formula is C15H23N5O4. The summed E-state index contributed by atoms with van der Waals surface area (Å²) in [6.45, 7) is 2.62. The van der Waals surface area contributed by atoms with Crippen LogP contribution in [0.25, 0.3) is 0 Å². The number of nitrogens with one attached hydrogen (secondary N) is 1. The van der Waals surface area contributed by atoms with E-state index in [2.05, 4.69) is 15.3 Å². The highest BCUT2D eigenvalue weighted by Crippen LogP contribution is 2.31. The van der Waals surface area contributed by atoms with Gasteiger partial charge in [0.15, 0.2) is 5.82 Å². The molecule has 1 aliphatic rings. The summed E-state index contributed by atoms with van der Waals surface area (Å²) >= 11 is 0. The molecule has 2 amide bonds. The van der Waals surface area contributed by atoms with Gasteiger partial charge in [-0.05, 0) is 12.3 Å². The molecule has 1 fully saturated rings. The molecule has 24 heavy (non-hydrogen) atoms. The van der Waals surface area contributed by atoms with Crippen LogP contribution in [-0.4, -0.2) is 66.3 Å². The Kier molecular flexibility index (Phi) is 5.42. The van der Waals surface area contributed by atoms with Crippen LogP contribution in [0.1, 0.15) is 13.3 Å². The fourth-order valence-electron chi connectivity index (χ4n) is 2.85. The van der Waals surface area contributed by atoms with E-state index in [1.165, 1.54) is 18.3 Å². The molecule has 2 unspecified atom stereocenters. The zero-order valence-electron chi connectivity index (χ0n) is 14.3. The minimum absolute atomic E-state index is 0.118. The van der Waals surface area contributed by atoms with Crippen LogP contribution < -0.4 is 15.0 Å². The first-order valence-electron chi connectivity index (χ1n) is 7.68. The highest BCUT2D eigenvalue weighted by molar-refractivity contribution is 5.94. The van der Waals surface area contributed by atoms with Crippen molar-refractivity contribution in [1.29, 1.82) is 0 Å². The second kappa shape index (κ2) is 7.33. The number of carboxylic acids is 1. The number of carbonyl (C=O) groups excluding carboxylic acids is 1. The van der Waals surface area contributed by atoms with Crippen molar-refractivity contribution < 1.29 is 19.4 Å². The quantitative estimate of drug-likeness (QED) is 0.847. The molecule has 2 N–H and O–H groups in total. The summed E-state index contributed by atoms with van der Waals surface area (Å²) < 4.78 is 5.20. The van der Waals surface area contributed by atoms with E-state index in [-0.39, 0.29) is 24.4 Å². The number of piperidine rings is 1. The van der Waals surface area contributed by atoms with Crippen LogP contribution in [-0.2, 0) is 4.79 Å². The van der Waals surface area contributed by atoms with Crippen LogP contribution >= 0.6 is 0 Å². The van der Waals surface area contributed by atoms with Gasteiger partial charge in [-0.2, -0.15) is 4.98 Å². The fourth-order valence-corrected chi connectivity index (χ4v) is 2.85. The van der Waals surface area contributed by atoms with Crippen LogP contribution in [0.2, 0.25) is 0 Å². The van der Waals surface area contributed by atoms with E-state index in [1.807, 2.05) is 6.92 Å². The number of ether oxygens (including phenoxy) is 1. The van der Waals surface area contributed by atoms with Gasteiger partial charge in [0.1, 0.15) is 12.0 Å². The summed E-state index contributed by atoms with van der Waals surface area (Å²) in [6, 6.07) is -0.385. The molecule has 2 heterocycles. The maximum atomic E-state index is 12.6. The van der Waals surface area contributed by atoms with Crippen molar-refractivity contribution in [2.45, 2.75) is 13.3 Å². The molecule has 0 saturated carbocycles. The van der Waals surface area contributed by atoms with Gasteiger partial charge in [-0.15, -0.1) is 0 Å². The highest BCUT2D eigenvalue weighted by atomic mass is 16.5. The number of aromatic nitrogens is 2. The van der Waals surface area contributed by atoms with Crippen molar-refractivity contribution in [3.63, 3.8) is 0 Å². The molecule has 2 atom stereocenters. The van der Waals surface area contributed by atoms with Crippen LogP contribution in [0.5, 0.6) is 5.88 Å². The summed E-state index contributed by atoms with van der Waals surface area (Å²) in [7, 11) is 5.04. The number of rotatable bonds is 4. The second-order valence-corrected chi connectivity index (χ2v) is 6.19. The van der Waals surface area contributed by atoms with Crippen LogP contribution in [0.15, 0.2) is 6.33 Å². The topological polar surface area (TPSA) is 108 Å². The molecular weight excluding hydrogens is 314 g/mol. The number of hydrogen-bond donors (Lipinski definition) is 2. The lowest BCUT2D eigenvalue weighted by atomic mass is 9.91. The monoisotopic (exact) mass is 337 g/mol. The SMILES string of the molecule is COc1ncnc(N(C)C)c1NC(=O)N1CC(C)CC(C(=O)O)C1. The van der Waals surface area contributed by atoms with Crippen LogP contribution in [0.3, 0.4) is 0 Å². The molecule has 1 aliphatic heterocycles. The van der Waals surface area contributed by atoms with Gasteiger partial charge in [0.25, 0.3) is 0 Å². The van der Waals surface area contributed by atoms with Gasteiger partial charge >= 0.3 is 12.0 Å². The van der Waals surface area contributed by atoms with Crippen molar-refractivity contribution in [3.8, 4) is 5.88 Å². The Morgan fingerprint density at radius 3 is 2.67 bits per heavy atom. The predicted molar refractivity (Wildman–Crippen MR) is 88.4 cm³/mol. The zero-order valence-corrected chi connectivity index (χ0v) is 14.3. The number of carbonyl (C=O) groups is 2. The average molecular weight is 337 g/mol. The van der Waals surface area contributed by atoms with Crippen molar-refractivity contribution in [1.82, 2.24) is 14.9 Å². The van der Waals surface area contributed by atoms with Gasteiger partial charge < -0.3 is 19.6 Å². The lowest BCUT2D eigenvalue weighted by Gasteiger charge is -2.34. The van der Waals surface area contributed by atoms with Crippen molar-refractivity contribution in [2.24, 2.45) is 11.8 Å². The lowest BCUT2D eigenvalue weighted by molar-refractivity contribution is -0.143. The minimum atomic E-state index is -0.881. The summed E-state index contributed by atoms with van der Waals surface area (Å²) in [6.07, 6.45) is 1.92. The third-order valence-electron chi connectivity index (χ3n) is 3.94.